The van der Waals surface area contributed by atoms with Gasteiger partial charge in [-0.2, -0.15) is 0 Å². The van der Waals surface area contributed by atoms with Crippen molar-refractivity contribution in [2.75, 3.05) is 0 Å². The van der Waals surface area contributed by atoms with Crippen molar-refractivity contribution < 1.29 is 9.22 Å². The Morgan fingerprint density at radius 3 is 2.00 bits per heavy atom. The van der Waals surface area contributed by atoms with Gasteiger partial charge in [-0.1, -0.05) is 91.3 Å². The van der Waals surface area contributed by atoms with Crippen LogP contribution in [0, 0.1) is 11.3 Å². The van der Waals surface area contributed by atoms with Gasteiger partial charge in [0.05, 0.1) is 6.10 Å². The maximum Gasteiger partial charge on any atom is 0.200 e. The first-order valence-electron chi connectivity index (χ1n) is 11.0. The Balaban J connectivity index is 2.04. The molecule has 0 saturated heterocycles. The zero-order valence-electron chi connectivity index (χ0n) is 19.0. The third kappa shape index (κ3) is 3.35. The smallest absolute Gasteiger partial charge is 0.200 e. The highest BCUT2D eigenvalue weighted by Gasteiger charge is 2.56. The van der Waals surface area contributed by atoms with Gasteiger partial charge in [-0.05, 0) is 34.0 Å². The highest BCUT2D eigenvalue weighted by atomic mass is 28.4. The second-order valence-corrected chi connectivity index (χ2v) is 15.9. The van der Waals surface area contributed by atoms with Crippen LogP contribution >= 0.6 is 0 Å². The molecule has 0 bridgehead atoms. The number of allylic oxidation sites excluding steroid dienone is 1. The fourth-order valence-corrected chi connectivity index (χ4v) is 12.0. The Morgan fingerprint density at radius 2 is 1.50 bits per heavy atom. The van der Waals surface area contributed by atoms with Gasteiger partial charge in [0.15, 0.2) is 5.78 Å². The summed E-state index contributed by atoms with van der Waals surface area (Å²) in [6.07, 6.45) is 1.73. The standard InChI is InChI=1S/C25H38O2Si/c1-16(2)28(17(3)4,18(5)6)27-24-20-14-22(26)23(19-12-10-9-11-13-19)21(20)15-25(24,7)8/h9-13,16-18,20,24H,14-15H2,1-8H3/t20-,24+/m1/s1. The summed E-state index contributed by atoms with van der Waals surface area (Å²) in [4.78, 5) is 13.0. The lowest BCUT2D eigenvalue weighted by molar-refractivity contribution is -0.114. The van der Waals surface area contributed by atoms with Crippen molar-refractivity contribution in [2.45, 2.75) is 91.0 Å². The van der Waals surface area contributed by atoms with Gasteiger partial charge in [0, 0.05) is 17.9 Å². The molecule has 2 aliphatic carbocycles. The van der Waals surface area contributed by atoms with Crippen molar-refractivity contribution >= 4 is 19.7 Å². The molecule has 2 nitrogen and oxygen atoms in total. The Kier molecular flexibility index (Phi) is 5.82. The zero-order valence-corrected chi connectivity index (χ0v) is 20.0. The van der Waals surface area contributed by atoms with E-state index in [1.807, 2.05) is 18.2 Å². The van der Waals surface area contributed by atoms with Crippen LogP contribution in [0.5, 0.6) is 0 Å². The maximum atomic E-state index is 13.0. The Hall–Kier alpha value is -1.19. The number of hydrogen-bond donors (Lipinski definition) is 0. The van der Waals surface area contributed by atoms with Gasteiger partial charge < -0.3 is 4.43 Å². The molecule has 0 unspecified atom stereocenters. The Labute approximate surface area is 172 Å². The molecule has 3 heteroatoms. The summed E-state index contributed by atoms with van der Waals surface area (Å²) < 4.78 is 7.30. The monoisotopic (exact) mass is 398 g/mol. The molecule has 1 aromatic carbocycles. The van der Waals surface area contributed by atoms with Crippen LogP contribution in [0.15, 0.2) is 35.9 Å². The SMILES string of the molecule is CC(C)[Si](O[C@H]1[C@@H]2CC(=O)C(c3ccccc3)=C2CC1(C)C)(C(C)C)C(C)C. The van der Waals surface area contributed by atoms with Crippen LogP contribution in [-0.4, -0.2) is 20.2 Å². The molecule has 1 fully saturated rings. The van der Waals surface area contributed by atoms with Crippen LogP contribution in [-0.2, 0) is 9.22 Å². The van der Waals surface area contributed by atoms with Crippen molar-refractivity contribution in [1.29, 1.82) is 0 Å². The first-order chi connectivity index (χ1) is 13.0. The summed E-state index contributed by atoms with van der Waals surface area (Å²) >= 11 is 0. The third-order valence-electron chi connectivity index (χ3n) is 7.34. The number of hydrogen-bond acceptors (Lipinski definition) is 2. The van der Waals surface area contributed by atoms with Gasteiger partial charge >= 0.3 is 0 Å². The van der Waals surface area contributed by atoms with Gasteiger partial charge in [-0.3, -0.25) is 4.79 Å². The Morgan fingerprint density at radius 1 is 0.964 bits per heavy atom. The van der Waals surface area contributed by atoms with Crippen molar-refractivity contribution in [3.8, 4) is 0 Å². The van der Waals surface area contributed by atoms with E-state index < -0.39 is 8.32 Å². The molecule has 0 radical (unpaired) electrons. The largest absolute Gasteiger partial charge is 0.412 e. The van der Waals surface area contributed by atoms with Crippen LogP contribution in [0.25, 0.3) is 5.57 Å². The van der Waals surface area contributed by atoms with E-state index in [9.17, 15) is 4.79 Å². The first-order valence-corrected chi connectivity index (χ1v) is 13.2. The number of benzene rings is 1. The number of rotatable bonds is 6. The molecule has 2 aliphatic rings. The minimum absolute atomic E-state index is 0.0671. The molecule has 28 heavy (non-hydrogen) atoms. The highest BCUT2D eigenvalue weighted by molar-refractivity contribution is 6.77. The number of ketones is 1. The second kappa shape index (κ2) is 7.57. The summed E-state index contributed by atoms with van der Waals surface area (Å²) in [5, 5.41) is 0. The third-order valence-corrected chi connectivity index (χ3v) is 13.4. The number of carbonyl (C=O) groups is 1. The van der Waals surface area contributed by atoms with Crippen LogP contribution in [0.3, 0.4) is 0 Å². The summed E-state index contributed by atoms with van der Waals surface area (Å²) in [5.74, 6) is 0.557. The maximum absolute atomic E-state index is 13.0. The fraction of sp³-hybridized carbons (Fsp3) is 0.640. The summed E-state index contributed by atoms with van der Waals surface area (Å²) in [6, 6.07) is 10.3. The van der Waals surface area contributed by atoms with Crippen molar-refractivity contribution in [3.63, 3.8) is 0 Å². The summed E-state index contributed by atoms with van der Waals surface area (Å²) in [6.45, 7) is 18.8. The van der Waals surface area contributed by atoms with Gasteiger partial charge in [-0.25, -0.2) is 0 Å². The predicted molar refractivity (Wildman–Crippen MR) is 121 cm³/mol. The lowest BCUT2D eigenvalue weighted by Gasteiger charge is -2.47. The molecule has 0 amide bonds. The molecule has 1 aromatic rings. The van der Waals surface area contributed by atoms with Crippen LogP contribution in [0.4, 0.5) is 0 Å². The summed E-state index contributed by atoms with van der Waals surface area (Å²) in [5.41, 5.74) is 5.16. The molecule has 1 saturated carbocycles. The van der Waals surface area contributed by atoms with Crippen molar-refractivity contribution in [2.24, 2.45) is 11.3 Å². The zero-order chi connectivity index (χ0) is 20.9. The van der Waals surface area contributed by atoms with E-state index in [1.54, 1.807) is 0 Å². The highest BCUT2D eigenvalue weighted by Crippen LogP contribution is 2.57. The van der Waals surface area contributed by atoms with Gasteiger partial charge in [-0.15, -0.1) is 0 Å². The van der Waals surface area contributed by atoms with Gasteiger partial charge in [0.2, 0.25) is 8.32 Å². The lowest BCUT2D eigenvalue weighted by Crippen LogP contribution is -2.53. The van der Waals surface area contributed by atoms with Gasteiger partial charge in [0.1, 0.15) is 0 Å². The molecule has 154 valence electrons. The molecule has 0 aromatic heterocycles. The topological polar surface area (TPSA) is 26.3 Å². The minimum atomic E-state index is -2.00. The van der Waals surface area contributed by atoms with E-state index in [4.69, 9.17) is 4.43 Å². The van der Waals surface area contributed by atoms with E-state index in [0.29, 0.717) is 28.8 Å². The van der Waals surface area contributed by atoms with E-state index >= 15 is 0 Å². The predicted octanol–water partition coefficient (Wildman–Crippen LogP) is 7.02. The van der Waals surface area contributed by atoms with E-state index in [2.05, 4.69) is 67.5 Å². The molecule has 2 atom stereocenters. The number of Topliss-reactive ketones (excluding diaryl/α,β-unsaturated/α-hetero) is 1. The number of fused-ring (bicyclic) bond motifs is 1. The summed E-state index contributed by atoms with van der Waals surface area (Å²) in [7, 11) is -2.00. The van der Waals surface area contributed by atoms with Crippen LogP contribution in [0.1, 0.15) is 73.8 Å². The fourth-order valence-electron chi connectivity index (χ4n) is 6.26. The van der Waals surface area contributed by atoms with Gasteiger partial charge in [0.25, 0.3) is 0 Å². The average molecular weight is 399 g/mol. The van der Waals surface area contributed by atoms with Crippen LogP contribution < -0.4 is 0 Å². The average Bonchev–Trinajstić information content (AvgIpc) is 3.01. The van der Waals surface area contributed by atoms with Crippen LogP contribution in [0.2, 0.25) is 16.6 Å². The molecule has 3 rings (SSSR count). The number of carbonyl (C=O) groups excluding carboxylic acids is 1. The second-order valence-electron chi connectivity index (χ2n) is 10.5. The van der Waals surface area contributed by atoms with Crippen molar-refractivity contribution in [3.05, 3.63) is 41.5 Å². The van der Waals surface area contributed by atoms with E-state index in [0.717, 1.165) is 17.6 Å². The minimum Gasteiger partial charge on any atom is -0.412 e. The molecule has 0 aliphatic heterocycles. The molecule has 0 spiro atoms. The Bertz CT molecular complexity index is 736. The lowest BCUT2D eigenvalue weighted by atomic mass is 9.85. The first kappa shape index (κ1) is 21.5. The molecule has 0 heterocycles. The van der Waals surface area contributed by atoms with E-state index in [-0.39, 0.29) is 17.4 Å². The van der Waals surface area contributed by atoms with E-state index in [1.165, 1.54) is 5.57 Å². The normalized spacial score (nSPS) is 24.8. The molecular weight excluding hydrogens is 360 g/mol. The van der Waals surface area contributed by atoms with Crippen molar-refractivity contribution in [1.82, 2.24) is 0 Å². The quantitative estimate of drug-likeness (QED) is 0.481. The molecular formula is C25H38O2Si. The molecule has 0 N–H and O–H groups in total.